The van der Waals surface area contributed by atoms with Crippen molar-refractivity contribution in [3.8, 4) is 6.07 Å². The van der Waals surface area contributed by atoms with Crippen LogP contribution in [0.25, 0.3) is 0 Å². The van der Waals surface area contributed by atoms with E-state index in [1.165, 1.54) is 18.0 Å². The standard InChI is InChI=1S/C15H18N4O3S/c1-23-7-6-13(15(21)22)19-14(20)10(8-16)9-18-12-4-2-11(17)3-5-12/h2-5,9,13,18H,6-7,17H2,1H3,(H,19,20)(H,21,22)/b10-9-. The van der Waals surface area contributed by atoms with Crippen LogP contribution in [0.2, 0.25) is 0 Å². The highest BCUT2D eigenvalue weighted by molar-refractivity contribution is 7.98. The molecule has 0 aliphatic rings. The molecule has 1 amide bonds. The molecule has 5 N–H and O–H groups in total. The number of amides is 1. The molecular weight excluding hydrogens is 316 g/mol. The largest absolute Gasteiger partial charge is 0.480 e. The van der Waals surface area contributed by atoms with Gasteiger partial charge in [0.1, 0.15) is 17.7 Å². The molecule has 0 radical (unpaired) electrons. The summed E-state index contributed by atoms with van der Waals surface area (Å²) in [7, 11) is 0. The maximum Gasteiger partial charge on any atom is 0.326 e. The minimum atomic E-state index is -1.13. The van der Waals surface area contributed by atoms with Gasteiger partial charge in [0.05, 0.1) is 0 Å². The van der Waals surface area contributed by atoms with E-state index in [0.717, 1.165) is 0 Å². The number of nitrogens with zero attached hydrogens (tertiary/aromatic N) is 1. The first-order chi connectivity index (χ1) is 11.0. The number of anilines is 2. The molecule has 1 aromatic rings. The molecule has 7 nitrogen and oxygen atoms in total. The van der Waals surface area contributed by atoms with Gasteiger partial charge in [0.2, 0.25) is 0 Å². The molecule has 122 valence electrons. The van der Waals surface area contributed by atoms with Crippen LogP contribution < -0.4 is 16.4 Å². The number of hydrogen-bond acceptors (Lipinski definition) is 6. The number of nitrogen functional groups attached to an aromatic ring is 1. The number of thioether (sulfide) groups is 1. The average Bonchev–Trinajstić information content (AvgIpc) is 2.53. The third-order valence-corrected chi connectivity index (χ3v) is 3.52. The van der Waals surface area contributed by atoms with E-state index in [1.807, 2.05) is 6.26 Å². The lowest BCUT2D eigenvalue weighted by atomic mass is 10.2. The first-order valence-electron chi connectivity index (χ1n) is 6.73. The number of nitrogens with two attached hydrogens (primary N) is 1. The smallest absolute Gasteiger partial charge is 0.326 e. The van der Waals surface area contributed by atoms with E-state index in [-0.39, 0.29) is 12.0 Å². The summed E-state index contributed by atoms with van der Waals surface area (Å²) in [5.74, 6) is -1.27. The molecule has 0 heterocycles. The zero-order valence-corrected chi connectivity index (χ0v) is 13.4. The summed E-state index contributed by atoms with van der Waals surface area (Å²) in [4.78, 5) is 23.1. The van der Waals surface area contributed by atoms with Gasteiger partial charge in [-0.3, -0.25) is 4.79 Å². The highest BCUT2D eigenvalue weighted by Gasteiger charge is 2.21. The molecule has 23 heavy (non-hydrogen) atoms. The maximum atomic E-state index is 12.0. The van der Waals surface area contributed by atoms with E-state index in [0.29, 0.717) is 17.1 Å². The van der Waals surface area contributed by atoms with Crippen LogP contribution in [-0.2, 0) is 9.59 Å². The number of carbonyl (C=O) groups is 2. The van der Waals surface area contributed by atoms with Crippen LogP contribution in [0, 0.1) is 11.3 Å². The quantitative estimate of drug-likeness (QED) is 0.321. The minimum absolute atomic E-state index is 0.211. The van der Waals surface area contributed by atoms with Crippen molar-refractivity contribution in [2.45, 2.75) is 12.5 Å². The van der Waals surface area contributed by atoms with Gasteiger partial charge in [0.15, 0.2) is 0 Å². The van der Waals surface area contributed by atoms with Gasteiger partial charge in [-0.15, -0.1) is 0 Å². The van der Waals surface area contributed by atoms with Gasteiger partial charge in [0, 0.05) is 17.6 Å². The van der Waals surface area contributed by atoms with Gasteiger partial charge in [-0.25, -0.2) is 4.79 Å². The molecule has 0 fully saturated rings. The van der Waals surface area contributed by atoms with Gasteiger partial charge in [-0.2, -0.15) is 17.0 Å². The lowest BCUT2D eigenvalue weighted by Gasteiger charge is -2.13. The Kier molecular flexibility index (Phi) is 7.50. The van der Waals surface area contributed by atoms with E-state index < -0.39 is 17.9 Å². The van der Waals surface area contributed by atoms with Crippen LogP contribution in [0.1, 0.15) is 6.42 Å². The van der Waals surface area contributed by atoms with E-state index in [4.69, 9.17) is 16.1 Å². The van der Waals surface area contributed by atoms with Crippen LogP contribution in [0.15, 0.2) is 36.0 Å². The van der Waals surface area contributed by atoms with Crippen LogP contribution in [0.3, 0.4) is 0 Å². The monoisotopic (exact) mass is 334 g/mol. The van der Waals surface area contributed by atoms with Crippen LogP contribution in [0.4, 0.5) is 11.4 Å². The number of aliphatic carboxylic acids is 1. The normalized spacial score (nSPS) is 12.1. The van der Waals surface area contributed by atoms with E-state index in [1.54, 1.807) is 30.3 Å². The maximum absolute atomic E-state index is 12.0. The van der Waals surface area contributed by atoms with Gasteiger partial charge < -0.3 is 21.5 Å². The fourth-order valence-electron chi connectivity index (χ4n) is 1.61. The van der Waals surface area contributed by atoms with Gasteiger partial charge in [0.25, 0.3) is 5.91 Å². The molecule has 0 aliphatic carbocycles. The number of carboxylic acids is 1. The number of nitriles is 1. The molecule has 1 atom stereocenters. The molecule has 0 spiro atoms. The molecule has 1 rings (SSSR count). The molecule has 1 aromatic carbocycles. The number of benzene rings is 1. The number of rotatable bonds is 8. The lowest BCUT2D eigenvalue weighted by molar-refractivity contribution is -0.141. The first kappa shape index (κ1) is 18.4. The first-order valence-corrected chi connectivity index (χ1v) is 8.12. The van der Waals surface area contributed by atoms with E-state index in [9.17, 15) is 9.59 Å². The Hall–Kier alpha value is -2.66. The van der Waals surface area contributed by atoms with Gasteiger partial charge in [-0.05, 0) is 42.7 Å². The molecule has 1 unspecified atom stereocenters. The van der Waals surface area contributed by atoms with Crippen LogP contribution >= 0.6 is 11.8 Å². The molecular formula is C15H18N4O3S. The topological polar surface area (TPSA) is 128 Å². The molecule has 0 saturated carbocycles. The third-order valence-electron chi connectivity index (χ3n) is 2.87. The Balaban J connectivity index is 2.73. The Morgan fingerprint density at radius 1 is 1.43 bits per heavy atom. The summed E-state index contributed by atoms with van der Waals surface area (Å²) in [6.07, 6.45) is 3.36. The molecule has 0 saturated heterocycles. The minimum Gasteiger partial charge on any atom is -0.480 e. The lowest BCUT2D eigenvalue weighted by Crippen LogP contribution is -2.41. The summed E-state index contributed by atoms with van der Waals surface area (Å²) < 4.78 is 0. The Labute approximate surface area is 138 Å². The van der Waals surface area contributed by atoms with Crippen molar-refractivity contribution < 1.29 is 14.7 Å². The second kappa shape index (κ2) is 9.38. The van der Waals surface area contributed by atoms with Gasteiger partial charge in [-0.1, -0.05) is 0 Å². The molecule has 0 bridgehead atoms. The van der Waals surface area contributed by atoms with Crippen molar-refractivity contribution in [1.29, 1.82) is 5.26 Å². The summed E-state index contributed by atoms with van der Waals surface area (Å²) >= 11 is 1.48. The summed E-state index contributed by atoms with van der Waals surface area (Å²) in [6, 6.07) is 7.45. The fourth-order valence-corrected chi connectivity index (χ4v) is 2.08. The number of hydrogen-bond donors (Lipinski definition) is 4. The highest BCUT2D eigenvalue weighted by atomic mass is 32.2. The van der Waals surface area contributed by atoms with E-state index in [2.05, 4.69) is 10.6 Å². The van der Waals surface area contributed by atoms with Crippen molar-refractivity contribution in [3.05, 3.63) is 36.0 Å². The van der Waals surface area contributed by atoms with E-state index >= 15 is 0 Å². The third kappa shape index (κ3) is 6.32. The van der Waals surface area contributed by atoms with Gasteiger partial charge >= 0.3 is 5.97 Å². The highest BCUT2D eigenvalue weighted by Crippen LogP contribution is 2.11. The van der Waals surface area contributed by atoms with Crippen molar-refractivity contribution >= 4 is 35.0 Å². The summed E-state index contributed by atoms with van der Waals surface area (Å²) in [5.41, 5.74) is 6.60. The molecule has 0 aliphatic heterocycles. The predicted octanol–water partition coefficient (Wildman–Crippen LogP) is 1.41. The zero-order valence-electron chi connectivity index (χ0n) is 12.6. The average molecular weight is 334 g/mol. The Morgan fingerprint density at radius 3 is 2.61 bits per heavy atom. The number of carboxylic acid groups (broad SMARTS) is 1. The second-order valence-electron chi connectivity index (χ2n) is 4.58. The molecule has 8 heteroatoms. The number of nitrogens with one attached hydrogen (secondary N) is 2. The fraction of sp³-hybridized carbons (Fsp3) is 0.267. The van der Waals surface area contributed by atoms with Crippen molar-refractivity contribution in [1.82, 2.24) is 5.32 Å². The summed E-state index contributed by atoms with van der Waals surface area (Å²) in [6.45, 7) is 0. The second-order valence-corrected chi connectivity index (χ2v) is 5.57. The SMILES string of the molecule is CSCCC(NC(=O)/C(C#N)=C\Nc1ccc(N)cc1)C(=O)O. The van der Waals surface area contributed by atoms with Crippen molar-refractivity contribution in [2.24, 2.45) is 0 Å². The summed E-state index contributed by atoms with van der Waals surface area (Å²) in [5, 5.41) is 23.3. The van der Waals surface area contributed by atoms with Crippen LogP contribution in [0.5, 0.6) is 0 Å². The zero-order chi connectivity index (χ0) is 17.2. The predicted molar refractivity (Wildman–Crippen MR) is 90.7 cm³/mol. The van der Waals surface area contributed by atoms with Crippen molar-refractivity contribution in [2.75, 3.05) is 23.1 Å². The molecule has 0 aromatic heterocycles. The number of carbonyl (C=O) groups excluding carboxylic acids is 1. The van der Waals surface area contributed by atoms with Crippen molar-refractivity contribution in [3.63, 3.8) is 0 Å². The Bertz CT molecular complexity index is 623. The Morgan fingerprint density at radius 2 is 2.09 bits per heavy atom. The van der Waals surface area contributed by atoms with Crippen LogP contribution in [-0.4, -0.2) is 35.0 Å².